The molecule has 36 heavy (non-hydrogen) atoms. The zero-order valence-electron chi connectivity index (χ0n) is 19.5. The number of imide groups is 1. The topological polar surface area (TPSA) is 94.2 Å². The highest BCUT2D eigenvalue weighted by molar-refractivity contribution is 9.18. The van der Waals surface area contributed by atoms with Gasteiger partial charge in [-0.25, -0.2) is 9.69 Å². The zero-order valence-corrected chi connectivity index (χ0v) is 21.1. The van der Waals surface area contributed by atoms with Gasteiger partial charge in [-0.1, -0.05) is 84.0 Å². The molecule has 1 aliphatic carbocycles. The molecule has 0 saturated carbocycles. The summed E-state index contributed by atoms with van der Waals surface area (Å²) in [4.78, 5) is 33.1. The highest BCUT2D eigenvalue weighted by Gasteiger charge is 2.35. The van der Waals surface area contributed by atoms with Crippen LogP contribution in [0.3, 0.4) is 0 Å². The molecule has 5 rings (SSSR count). The van der Waals surface area contributed by atoms with Gasteiger partial charge in [0.15, 0.2) is 6.10 Å². The van der Waals surface area contributed by atoms with Crippen LogP contribution in [0.15, 0.2) is 84.0 Å². The van der Waals surface area contributed by atoms with Crippen LogP contribution < -0.4 is 5.73 Å². The van der Waals surface area contributed by atoms with E-state index >= 15 is 0 Å². The molecule has 1 unspecified atom stereocenters. The fourth-order valence-corrected chi connectivity index (χ4v) is 5.22. The lowest BCUT2D eigenvalue weighted by molar-refractivity contribution is -0.132. The van der Waals surface area contributed by atoms with Gasteiger partial charge in [-0.2, -0.15) is 0 Å². The maximum atomic E-state index is 13.3. The molecule has 0 aromatic heterocycles. The molecule has 184 valence electrons. The number of hydrogen-bond acceptors (Lipinski definition) is 6. The Hall–Kier alpha value is -3.49. The number of carbonyl (C=O) groups excluding carboxylic acids is 2. The van der Waals surface area contributed by atoms with Gasteiger partial charge in [-0.15, -0.1) is 0 Å². The van der Waals surface area contributed by atoms with Crippen molar-refractivity contribution in [3.8, 4) is 11.1 Å². The molecule has 3 aromatic rings. The van der Waals surface area contributed by atoms with Crippen molar-refractivity contribution >= 4 is 32.6 Å². The summed E-state index contributed by atoms with van der Waals surface area (Å²) in [6.07, 6.45) is -0.447. The number of fused-ring (bicyclic) bond motifs is 3. The predicted octanol–water partition coefficient (Wildman–Crippen LogP) is 4.83. The van der Waals surface area contributed by atoms with Gasteiger partial charge in [0.05, 0.1) is 12.6 Å². The van der Waals surface area contributed by atoms with Crippen molar-refractivity contribution in [1.82, 2.24) is 4.90 Å². The van der Waals surface area contributed by atoms with Crippen molar-refractivity contribution in [1.29, 1.82) is 0 Å². The Labute approximate surface area is 218 Å². The number of oxime groups is 1. The van der Waals surface area contributed by atoms with Crippen LogP contribution in [0.2, 0.25) is 0 Å². The van der Waals surface area contributed by atoms with E-state index in [-0.39, 0.29) is 19.1 Å². The summed E-state index contributed by atoms with van der Waals surface area (Å²) in [5, 5.41) is 3.87. The molecule has 0 spiro atoms. The first-order chi connectivity index (χ1) is 17.5. The van der Waals surface area contributed by atoms with Crippen LogP contribution in [-0.2, 0) is 20.8 Å². The second-order valence-electron chi connectivity index (χ2n) is 8.95. The molecule has 2 aliphatic rings. The standard InChI is InChI=1S/C28H26BrN3O4/c29-26-15-19(36-31-26)16-32(27(33)25(30)14-18-8-2-1-3-9-18)28(34)35-17-24-22-12-6-4-10-20(22)21-11-5-7-13-23(21)24/h1-13,19,24-25H,14-17,30H2/t19?,25-/m0/s1. The number of rotatable bonds is 7. The highest BCUT2D eigenvalue weighted by atomic mass is 79.9. The first-order valence-electron chi connectivity index (χ1n) is 11.9. The predicted molar refractivity (Wildman–Crippen MR) is 141 cm³/mol. The van der Waals surface area contributed by atoms with Gasteiger partial charge in [-0.3, -0.25) is 4.79 Å². The molecule has 1 aliphatic heterocycles. The van der Waals surface area contributed by atoms with E-state index in [4.69, 9.17) is 15.3 Å². The van der Waals surface area contributed by atoms with Crippen molar-refractivity contribution in [3.05, 3.63) is 95.6 Å². The number of ether oxygens (including phenoxy) is 1. The minimum atomic E-state index is -0.904. The third kappa shape index (κ3) is 5.05. The largest absolute Gasteiger partial charge is 0.448 e. The van der Waals surface area contributed by atoms with E-state index in [9.17, 15) is 9.59 Å². The van der Waals surface area contributed by atoms with Gasteiger partial charge in [0, 0.05) is 12.3 Å². The first kappa shape index (κ1) is 24.2. The number of benzene rings is 3. The lowest BCUT2D eigenvalue weighted by Gasteiger charge is -2.26. The van der Waals surface area contributed by atoms with Crippen LogP contribution in [0.25, 0.3) is 11.1 Å². The summed E-state index contributed by atoms with van der Waals surface area (Å²) in [6, 6.07) is 24.8. The second-order valence-corrected chi connectivity index (χ2v) is 9.86. The summed E-state index contributed by atoms with van der Waals surface area (Å²) in [5.74, 6) is -0.626. The van der Waals surface area contributed by atoms with Crippen molar-refractivity contribution in [3.63, 3.8) is 0 Å². The lowest BCUT2D eigenvalue weighted by atomic mass is 9.98. The van der Waals surface area contributed by atoms with E-state index in [2.05, 4.69) is 33.2 Å². The lowest BCUT2D eigenvalue weighted by Crippen LogP contribution is -2.50. The van der Waals surface area contributed by atoms with Crippen molar-refractivity contribution < 1.29 is 19.2 Å². The van der Waals surface area contributed by atoms with Crippen LogP contribution in [0.5, 0.6) is 0 Å². The zero-order chi connectivity index (χ0) is 25.1. The molecular formula is C28H26BrN3O4. The fraction of sp³-hybridized carbons (Fsp3) is 0.250. The van der Waals surface area contributed by atoms with Crippen molar-refractivity contribution in [2.24, 2.45) is 10.9 Å². The van der Waals surface area contributed by atoms with E-state index in [1.807, 2.05) is 66.7 Å². The minimum absolute atomic E-state index is 0.00338. The number of halogens is 1. The second kappa shape index (κ2) is 10.6. The summed E-state index contributed by atoms with van der Waals surface area (Å²) in [5.41, 5.74) is 11.6. The van der Waals surface area contributed by atoms with Gasteiger partial charge in [0.25, 0.3) is 0 Å². The van der Waals surface area contributed by atoms with Crippen LogP contribution in [0.4, 0.5) is 4.79 Å². The molecule has 0 radical (unpaired) electrons. The Morgan fingerprint density at radius 3 is 2.22 bits per heavy atom. The molecular weight excluding hydrogens is 522 g/mol. The van der Waals surface area contributed by atoms with Crippen molar-refractivity contribution in [2.75, 3.05) is 13.2 Å². The van der Waals surface area contributed by atoms with Gasteiger partial charge >= 0.3 is 6.09 Å². The maximum absolute atomic E-state index is 13.3. The van der Waals surface area contributed by atoms with Gasteiger partial charge in [0.1, 0.15) is 11.2 Å². The first-order valence-corrected chi connectivity index (χ1v) is 12.6. The Bertz CT molecular complexity index is 1250. The smallest absolute Gasteiger partial charge is 0.416 e. The molecule has 1 heterocycles. The Kier molecular flexibility index (Phi) is 7.16. The summed E-state index contributed by atoms with van der Waals surface area (Å²) < 4.78 is 6.39. The van der Waals surface area contributed by atoms with Crippen LogP contribution in [0, 0.1) is 0 Å². The molecule has 2 N–H and O–H groups in total. The molecule has 8 heteroatoms. The van der Waals surface area contributed by atoms with Gasteiger partial charge in [0.2, 0.25) is 5.91 Å². The Morgan fingerprint density at radius 1 is 1.00 bits per heavy atom. The molecule has 3 aromatic carbocycles. The number of amides is 2. The third-order valence-corrected chi connectivity index (χ3v) is 6.99. The van der Waals surface area contributed by atoms with Crippen LogP contribution in [-0.4, -0.2) is 46.8 Å². The molecule has 0 fully saturated rings. The third-order valence-electron chi connectivity index (χ3n) is 6.52. The van der Waals surface area contributed by atoms with E-state index in [1.165, 1.54) is 0 Å². The highest BCUT2D eigenvalue weighted by Crippen LogP contribution is 2.44. The van der Waals surface area contributed by atoms with Crippen molar-refractivity contribution in [2.45, 2.75) is 30.9 Å². The molecule has 2 atom stereocenters. The average molecular weight is 548 g/mol. The van der Waals surface area contributed by atoms with Gasteiger partial charge < -0.3 is 15.3 Å². The molecule has 2 amide bonds. The number of carbonyl (C=O) groups is 2. The summed E-state index contributed by atoms with van der Waals surface area (Å²) in [7, 11) is 0. The summed E-state index contributed by atoms with van der Waals surface area (Å²) in [6.45, 7) is 0.104. The number of nitrogens with zero attached hydrogens (tertiary/aromatic N) is 2. The molecule has 0 bridgehead atoms. The number of nitrogens with two attached hydrogens (primary N) is 1. The normalized spacial score (nSPS) is 16.9. The van der Waals surface area contributed by atoms with E-state index in [0.29, 0.717) is 17.5 Å². The number of hydrogen-bond donors (Lipinski definition) is 1. The Morgan fingerprint density at radius 2 is 1.61 bits per heavy atom. The fourth-order valence-electron chi connectivity index (χ4n) is 4.78. The molecule has 7 nitrogen and oxygen atoms in total. The van der Waals surface area contributed by atoms with Crippen LogP contribution >= 0.6 is 15.9 Å². The Balaban J connectivity index is 1.32. The summed E-state index contributed by atoms with van der Waals surface area (Å²) >= 11 is 3.30. The monoisotopic (exact) mass is 547 g/mol. The SMILES string of the molecule is N[C@@H](Cc1ccccc1)C(=O)N(CC1CC(Br)=NO1)C(=O)OCC1c2ccccc2-c2ccccc21. The van der Waals surface area contributed by atoms with E-state index in [0.717, 1.165) is 32.7 Å². The minimum Gasteiger partial charge on any atom is -0.448 e. The molecule has 0 saturated heterocycles. The average Bonchev–Trinajstić information content (AvgIpc) is 3.46. The quantitative estimate of drug-likeness (QED) is 0.457. The van der Waals surface area contributed by atoms with E-state index < -0.39 is 24.1 Å². The van der Waals surface area contributed by atoms with Crippen LogP contribution in [0.1, 0.15) is 29.0 Å². The maximum Gasteiger partial charge on any atom is 0.416 e. The van der Waals surface area contributed by atoms with Gasteiger partial charge in [-0.05, 0) is 50.2 Å². The van der Waals surface area contributed by atoms with E-state index in [1.54, 1.807) is 0 Å².